The van der Waals surface area contributed by atoms with E-state index in [4.69, 9.17) is 4.74 Å². The normalized spacial score (nSPS) is 11.8. The monoisotopic (exact) mass is 324 g/mol. The van der Waals surface area contributed by atoms with Crippen LogP contribution < -0.4 is 4.74 Å². The number of imidazole rings is 1. The SMILES string of the molecule is CC(C)(O)c1nc2ccccc2n1CCCCOc1ccccc1. The average molecular weight is 324 g/mol. The largest absolute Gasteiger partial charge is 0.494 e. The molecule has 0 aliphatic carbocycles. The van der Waals surface area contributed by atoms with Crippen LogP contribution in [0.15, 0.2) is 54.6 Å². The number of ether oxygens (including phenoxy) is 1. The Hall–Kier alpha value is -2.33. The van der Waals surface area contributed by atoms with Gasteiger partial charge in [0.2, 0.25) is 0 Å². The van der Waals surface area contributed by atoms with Crippen LogP contribution >= 0.6 is 0 Å². The van der Waals surface area contributed by atoms with Gasteiger partial charge in [-0.1, -0.05) is 30.3 Å². The third kappa shape index (κ3) is 3.77. The minimum absolute atomic E-state index is 0.689. The molecule has 126 valence electrons. The maximum Gasteiger partial charge on any atom is 0.141 e. The van der Waals surface area contributed by atoms with Gasteiger partial charge < -0.3 is 14.4 Å². The van der Waals surface area contributed by atoms with Crippen molar-refractivity contribution in [2.24, 2.45) is 0 Å². The Balaban J connectivity index is 1.64. The molecule has 0 bridgehead atoms. The summed E-state index contributed by atoms with van der Waals surface area (Å²) in [5.74, 6) is 1.62. The van der Waals surface area contributed by atoms with E-state index in [1.54, 1.807) is 13.8 Å². The Morgan fingerprint density at radius 2 is 1.71 bits per heavy atom. The molecule has 0 aliphatic heterocycles. The first kappa shape index (κ1) is 16.5. The highest BCUT2D eigenvalue weighted by Crippen LogP contribution is 2.25. The van der Waals surface area contributed by atoms with Crippen molar-refractivity contribution >= 4 is 11.0 Å². The van der Waals surface area contributed by atoms with Gasteiger partial charge in [-0.2, -0.15) is 0 Å². The molecular formula is C20H24N2O2. The molecule has 0 atom stereocenters. The van der Waals surface area contributed by atoms with Gasteiger partial charge in [-0.3, -0.25) is 0 Å². The number of unbranched alkanes of at least 4 members (excludes halogenated alkanes) is 1. The molecule has 0 saturated carbocycles. The van der Waals surface area contributed by atoms with E-state index < -0.39 is 5.60 Å². The van der Waals surface area contributed by atoms with Gasteiger partial charge in [0.25, 0.3) is 0 Å². The predicted molar refractivity (Wildman–Crippen MR) is 96.1 cm³/mol. The molecule has 0 saturated heterocycles. The molecule has 4 nitrogen and oxygen atoms in total. The minimum Gasteiger partial charge on any atom is -0.494 e. The number of benzene rings is 2. The second-order valence-corrected chi connectivity index (χ2v) is 6.50. The summed E-state index contributed by atoms with van der Waals surface area (Å²) in [5, 5.41) is 10.4. The zero-order valence-electron chi connectivity index (χ0n) is 14.3. The van der Waals surface area contributed by atoms with Crippen LogP contribution in [0.5, 0.6) is 5.75 Å². The van der Waals surface area contributed by atoms with Crippen LogP contribution in [0.25, 0.3) is 11.0 Å². The van der Waals surface area contributed by atoms with Crippen LogP contribution in [0.3, 0.4) is 0 Å². The maximum absolute atomic E-state index is 10.4. The summed E-state index contributed by atoms with van der Waals surface area (Å²) < 4.78 is 7.86. The third-order valence-corrected chi connectivity index (χ3v) is 3.99. The van der Waals surface area contributed by atoms with E-state index in [0.717, 1.165) is 36.2 Å². The van der Waals surface area contributed by atoms with Crippen LogP contribution in [-0.4, -0.2) is 21.3 Å². The molecule has 3 rings (SSSR count). The van der Waals surface area contributed by atoms with Gasteiger partial charge in [0.15, 0.2) is 0 Å². The minimum atomic E-state index is -0.959. The predicted octanol–water partition coefficient (Wildman–Crippen LogP) is 4.12. The number of hydrogen-bond acceptors (Lipinski definition) is 3. The van der Waals surface area contributed by atoms with Crippen molar-refractivity contribution in [3.8, 4) is 5.75 Å². The summed E-state index contributed by atoms with van der Waals surface area (Å²) in [6.07, 6.45) is 1.92. The average Bonchev–Trinajstić information content (AvgIpc) is 2.95. The van der Waals surface area contributed by atoms with Crippen molar-refractivity contribution in [3.63, 3.8) is 0 Å². The molecule has 0 spiro atoms. The molecule has 0 fully saturated rings. The Morgan fingerprint density at radius 1 is 1.00 bits per heavy atom. The second kappa shape index (κ2) is 7.05. The van der Waals surface area contributed by atoms with Gasteiger partial charge in [0.1, 0.15) is 17.2 Å². The van der Waals surface area contributed by atoms with Gasteiger partial charge in [-0.15, -0.1) is 0 Å². The van der Waals surface area contributed by atoms with Crippen LogP contribution in [0.4, 0.5) is 0 Å². The lowest BCUT2D eigenvalue weighted by Crippen LogP contribution is -2.22. The van der Waals surface area contributed by atoms with Gasteiger partial charge in [0.05, 0.1) is 17.6 Å². The highest BCUT2D eigenvalue weighted by atomic mass is 16.5. The smallest absolute Gasteiger partial charge is 0.141 e. The van der Waals surface area contributed by atoms with Crippen molar-refractivity contribution < 1.29 is 9.84 Å². The number of para-hydroxylation sites is 3. The molecule has 1 aromatic heterocycles. The highest BCUT2D eigenvalue weighted by Gasteiger charge is 2.24. The van der Waals surface area contributed by atoms with E-state index in [2.05, 4.69) is 15.6 Å². The van der Waals surface area contributed by atoms with Crippen molar-refractivity contribution in [2.45, 2.75) is 38.8 Å². The first-order chi connectivity index (χ1) is 11.6. The van der Waals surface area contributed by atoms with Crippen LogP contribution in [-0.2, 0) is 12.1 Å². The zero-order valence-corrected chi connectivity index (χ0v) is 14.3. The van der Waals surface area contributed by atoms with E-state index in [-0.39, 0.29) is 0 Å². The van der Waals surface area contributed by atoms with Gasteiger partial charge in [-0.05, 0) is 51.0 Å². The van der Waals surface area contributed by atoms with E-state index >= 15 is 0 Å². The maximum atomic E-state index is 10.4. The number of aryl methyl sites for hydroxylation is 1. The number of hydrogen-bond donors (Lipinski definition) is 1. The fourth-order valence-corrected chi connectivity index (χ4v) is 2.85. The molecule has 1 N–H and O–H groups in total. The summed E-state index contributed by atoms with van der Waals surface area (Å²) in [7, 11) is 0. The molecule has 0 aliphatic rings. The molecule has 24 heavy (non-hydrogen) atoms. The van der Waals surface area contributed by atoms with Crippen molar-refractivity contribution in [1.82, 2.24) is 9.55 Å². The molecule has 0 amide bonds. The fourth-order valence-electron chi connectivity index (χ4n) is 2.85. The molecule has 0 radical (unpaired) electrons. The van der Waals surface area contributed by atoms with Crippen molar-refractivity contribution in [1.29, 1.82) is 0 Å². The van der Waals surface area contributed by atoms with E-state index in [1.807, 2.05) is 48.5 Å². The lowest BCUT2D eigenvalue weighted by Gasteiger charge is -2.19. The Bertz CT molecular complexity index is 788. The molecule has 3 aromatic rings. The summed E-state index contributed by atoms with van der Waals surface area (Å²) in [6.45, 7) is 5.07. The number of nitrogens with zero attached hydrogens (tertiary/aromatic N) is 2. The molecule has 0 unspecified atom stereocenters. The van der Waals surface area contributed by atoms with Gasteiger partial charge in [-0.25, -0.2) is 4.98 Å². The molecular weight excluding hydrogens is 300 g/mol. The lowest BCUT2D eigenvalue weighted by atomic mass is 10.1. The zero-order chi connectivity index (χ0) is 17.0. The first-order valence-corrected chi connectivity index (χ1v) is 8.42. The van der Waals surface area contributed by atoms with Crippen LogP contribution in [0.2, 0.25) is 0 Å². The number of fused-ring (bicyclic) bond motifs is 1. The second-order valence-electron chi connectivity index (χ2n) is 6.50. The standard InChI is InChI=1S/C20H24N2O2/c1-20(2,23)19-21-17-12-6-7-13-18(17)22(19)14-8-9-15-24-16-10-4-3-5-11-16/h3-7,10-13,23H,8-9,14-15H2,1-2H3. The summed E-state index contributed by atoms with van der Waals surface area (Å²) >= 11 is 0. The van der Waals surface area contributed by atoms with Gasteiger partial charge >= 0.3 is 0 Å². The highest BCUT2D eigenvalue weighted by molar-refractivity contribution is 5.76. The van der Waals surface area contributed by atoms with Crippen molar-refractivity contribution in [2.75, 3.05) is 6.61 Å². The van der Waals surface area contributed by atoms with Crippen LogP contribution in [0.1, 0.15) is 32.5 Å². The first-order valence-electron chi connectivity index (χ1n) is 8.42. The van der Waals surface area contributed by atoms with Crippen LogP contribution in [0, 0.1) is 0 Å². The summed E-state index contributed by atoms with van der Waals surface area (Å²) in [5.41, 5.74) is 1.04. The molecule has 1 heterocycles. The van der Waals surface area contributed by atoms with E-state index in [9.17, 15) is 5.11 Å². The Morgan fingerprint density at radius 3 is 2.46 bits per heavy atom. The number of aromatic nitrogens is 2. The van der Waals surface area contributed by atoms with E-state index in [1.165, 1.54) is 0 Å². The van der Waals surface area contributed by atoms with Crippen molar-refractivity contribution in [3.05, 3.63) is 60.4 Å². The third-order valence-electron chi connectivity index (χ3n) is 3.99. The van der Waals surface area contributed by atoms with E-state index in [0.29, 0.717) is 12.4 Å². The summed E-state index contributed by atoms with van der Waals surface area (Å²) in [6, 6.07) is 17.9. The molecule has 2 aromatic carbocycles. The molecule has 4 heteroatoms. The fraction of sp³-hybridized carbons (Fsp3) is 0.350. The Labute approximate surface area is 142 Å². The lowest BCUT2D eigenvalue weighted by molar-refractivity contribution is 0.0650. The topological polar surface area (TPSA) is 47.3 Å². The Kier molecular flexibility index (Phi) is 4.86. The number of rotatable bonds is 7. The quantitative estimate of drug-likeness (QED) is 0.665. The van der Waals surface area contributed by atoms with Gasteiger partial charge in [0, 0.05) is 6.54 Å². The summed E-state index contributed by atoms with van der Waals surface area (Å²) in [4.78, 5) is 4.61. The number of aliphatic hydroxyl groups is 1.